The molecule has 3 aliphatic rings. The fourth-order valence-corrected chi connectivity index (χ4v) is 3.15. The Morgan fingerprint density at radius 3 is 2.21 bits per heavy atom. The molecule has 0 bridgehead atoms. The van der Waals surface area contributed by atoms with Crippen LogP contribution < -0.4 is 0 Å². The predicted molar refractivity (Wildman–Crippen MR) is 68.9 cm³/mol. The Labute approximate surface area is 112 Å². The van der Waals surface area contributed by atoms with Gasteiger partial charge < -0.3 is 14.9 Å². The average molecular weight is 267 g/mol. The number of amides is 2. The van der Waals surface area contributed by atoms with Gasteiger partial charge in [-0.25, -0.2) is 9.59 Å². The Bertz CT molecular complexity index is 375. The maximum absolute atomic E-state index is 12.4. The van der Waals surface area contributed by atoms with Crippen molar-refractivity contribution in [2.45, 2.75) is 37.8 Å². The quantitative estimate of drug-likeness (QED) is 0.788. The van der Waals surface area contributed by atoms with E-state index in [4.69, 9.17) is 5.11 Å². The van der Waals surface area contributed by atoms with E-state index in [1.807, 2.05) is 4.90 Å². The summed E-state index contributed by atoms with van der Waals surface area (Å²) in [5.74, 6) is -0.873. The van der Waals surface area contributed by atoms with E-state index in [2.05, 4.69) is 4.90 Å². The number of piperazine rings is 1. The molecule has 2 amide bonds. The monoisotopic (exact) mass is 267 g/mol. The van der Waals surface area contributed by atoms with Crippen molar-refractivity contribution in [1.29, 1.82) is 0 Å². The van der Waals surface area contributed by atoms with Gasteiger partial charge in [0.1, 0.15) is 6.04 Å². The Kier molecular flexibility index (Phi) is 3.35. The van der Waals surface area contributed by atoms with E-state index in [0.29, 0.717) is 13.0 Å². The van der Waals surface area contributed by atoms with Gasteiger partial charge in [0.25, 0.3) is 0 Å². The molecule has 6 nitrogen and oxygen atoms in total. The van der Waals surface area contributed by atoms with Crippen molar-refractivity contribution >= 4 is 12.0 Å². The molecule has 0 aromatic rings. The first-order chi connectivity index (χ1) is 9.16. The second-order valence-corrected chi connectivity index (χ2v) is 5.73. The molecular weight excluding hydrogens is 246 g/mol. The van der Waals surface area contributed by atoms with E-state index in [1.54, 1.807) is 0 Å². The zero-order chi connectivity index (χ0) is 13.4. The topological polar surface area (TPSA) is 64.1 Å². The zero-order valence-electron chi connectivity index (χ0n) is 11.1. The minimum atomic E-state index is -0.873. The maximum Gasteiger partial charge on any atom is 0.326 e. The summed E-state index contributed by atoms with van der Waals surface area (Å²) in [5.41, 5.74) is 0. The van der Waals surface area contributed by atoms with Gasteiger partial charge in [0.2, 0.25) is 0 Å². The number of carbonyl (C=O) groups is 2. The van der Waals surface area contributed by atoms with Crippen molar-refractivity contribution in [3.63, 3.8) is 0 Å². The Morgan fingerprint density at radius 2 is 1.63 bits per heavy atom. The van der Waals surface area contributed by atoms with E-state index in [0.717, 1.165) is 38.6 Å². The lowest BCUT2D eigenvalue weighted by Crippen LogP contribution is -2.55. The minimum Gasteiger partial charge on any atom is -0.480 e. The number of nitrogens with zero attached hydrogens (tertiary/aromatic N) is 3. The van der Waals surface area contributed by atoms with Gasteiger partial charge in [0.05, 0.1) is 0 Å². The summed E-state index contributed by atoms with van der Waals surface area (Å²) in [7, 11) is 0. The molecule has 3 fully saturated rings. The number of carboxylic acids is 1. The third-order valence-electron chi connectivity index (χ3n) is 4.43. The molecule has 6 heteroatoms. The number of aliphatic carboxylic acids is 1. The summed E-state index contributed by atoms with van der Waals surface area (Å²) < 4.78 is 0. The molecule has 1 atom stereocenters. The van der Waals surface area contributed by atoms with E-state index >= 15 is 0 Å². The lowest BCUT2D eigenvalue weighted by atomic mass is 10.2. The van der Waals surface area contributed by atoms with Crippen LogP contribution >= 0.6 is 0 Å². The summed E-state index contributed by atoms with van der Waals surface area (Å²) in [6.07, 6.45) is 3.97. The van der Waals surface area contributed by atoms with Crippen molar-refractivity contribution < 1.29 is 14.7 Å². The van der Waals surface area contributed by atoms with Crippen molar-refractivity contribution in [2.75, 3.05) is 32.7 Å². The van der Waals surface area contributed by atoms with Gasteiger partial charge in [-0.05, 0) is 25.7 Å². The van der Waals surface area contributed by atoms with Gasteiger partial charge >= 0.3 is 12.0 Å². The molecule has 0 radical (unpaired) electrons. The number of rotatable bonds is 2. The zero-order valence-corrected chi connectivity index (χ0v) is 11.1. The largest absolute Gasteiger partial charge is 0.480 e. The van der Waals surface area contributed by atoms with Gasteiger partial charge in [0, 0.05) is 38.8 Å². The SMILES string of the molecule is O=C(O)[C@H]1CCCN1C(=O)N1CCN(C2CC2)CC1. The lowest BCUT2D eigenvalue weighted by molar-refractivity contribution is -0.141. The number of carboxylic acid groups (broad SMARTS) is 1. The standard InChI is InChI=1S/C13H21N3O3/c17-12(18)11-2-1-5-16(11)13(19)15-8-6-14(7-9-15)10-3-4-10/h10-11H,1-9H2,(H,17,18)/t11-/m1/s1. The van der Waals surface area contributed by atoms with Crippen LogP contribution in [0.1, 0.15) is 25.7 Å². The summed E-state index contributed by atoms with van der Waals surface area (Å²) in [4.78, 5) is 29.3. The second kappa shape index (κ2) is 5.00. The van der Waals surface area contributed by atoms with Gasteiger partial charge in [-0.2, -0.15) is 0 Å². The molecular formula is C13H21N3O3. The third kappa shape index (κ3) is 2.54. The fraction of sp³-hybridized carbons (Fsp3) is 0.846. The molecule has 2 heterocycles. The molecule has 2 saturated heterocycles. The van der Waals surface area contributed by atoms with Crippen molar-refractivity contribution in [3.05, 3.63) is 0 Å². The number of likely N-dealkylation sites (tertiary alicyclic amines) is 1. The lowest BCUT2D eigenvalue weighted by Gasteiger charge is -2.37. The molecule has 0 aromatic heterocycles. The molecule has 0 unspecified atom stereocenters. The third-order valence-corrected chi connectivity index (χ3v) is 4.43. The highest BCUT2D eigenvalue weighted by Gasteiger charge is 2.38. The van der Waals surface area contributed by atoms with Gasteiger partial charge in [-0.3, -0.25) is 4.90 Å². The van der Waals surface area contributed by atoms with Crippen molar-refractivity contribution in [3.8, 4) is 0 Å². The van der Waals surface area contributed by atoms with Crippen LogP contribution in [0.2, 0.25) is 0 Å². The van der Waals surface area contributed by atoms with Gasteiger partial charge in [0.15, 0.2) is 0 Å². The van der Waals surface area contributed by atoms with E-state index in [1.165, 1.54) is 17.7 Å². The summed E-state index contributed by atoms with van der Waals surface area (Å²) >= 11 is 0. The van der Waals surface area contributed by atoms with E-state index in [9.17, 15) is 9.59 Å². The summed E-state index contributed by atoms with van der Waals surface area (Å²) in [5, 5.41) is 9.13. The number of urea groups is 1. The molecule has 0 spiro atoms. The van der Waals surface area contributed by atoms with Gasteiger partial charge in [-0.1, -0.05) is 0 Å². The first-order valence-electron chi connectivity index (χ1n) is 7.19. The van der Waals surface area contributed by atoms with Crippen LogP contribution in [0.15, 0.2) is 0 Å². The van der Waals surface area contributed by atoms with Crippen LogP contribution in [0, 0.1) is 0 Å². The molecule has 1 N–H and O–H groups in total. The minimum absolute atomic E-state index is 0.0830. The molecule has 1 saturated carbocycles. The molecule has 0 aromatic carbocycles. The Balaban J connectivity index is 1.56. The van der Waals surface area contributed by atoms with E-state index < -0.39 is 12.0 Å². The number of hydrogen-bond donors (Lipinski definition) is 1. The first-order valence-corrected chi connectivity index (χ1v) is 7.19. The molecule has 1 aliphatic carbocycles. The first kappa shape index (κ1) is 12.7. The molecule has 19 heavy (non-hydrogen) atoms. The Morgan fingerprint density at radius 1 is 0.947 bits per heavy atom. The highest BCUT2D eigenvalue weighted by molar-refractivity contribution is 5.83. The normalized spacial score (nSPS) is 28.7. The van der Waals surface area contributed by atoms with Gasteiger partial charge in [-0.15, -0.1) is 0 Å². The molecule has 106 valence electrons. The summed E-state index contributed by atoms with van der Waals surface area (Å²) in [6.45, 7) is 3.92. The second-order valence-electron chi connectivity index (χ2n) is 5.73. The van der Waals surface area contributed by atoms with Crippen LogP contribution in [0.4, 0.5) is 4.79 Å². The van der Waals surface area contributed by atoms with Crippen LogP contribution in [-0.4, -0.2) is 76.6 Å². The molecule has 3 rings (SSSR count). The van der Waals surface area contributed by atoms with Crippen molar-refractivity contribution in [1.82, 2.24) is 14.7 Å². The van der Waals surface area contributed by atoms with Crippen LogP contribution in [0.25, 0.3) is 0 Å². The highest BCUT2D eigenvalue weighted by Crippen LogP contribution is 2.28. The van der Waals surface area contributed by atoms with Crippen LogP contribution in [-0.2, 0) is 4.79 Å². The van der Waals surface area contributed by atoms with Crippen LogP contribution in [0.5, 0.6) is 0 Å². The highest BCUT2D eigenvalue weighted by atomic mass is 16.4. The number of hydrogen-bond acceptors (Lipinski definition) is 3. The maximum atomic E-state index is 12.4. The van der Waals surface area contributed by atoms with E-state index in [-0.39, 0.29) is 6.03 Å². The fourth-order valence-electron chi connectivity index (χ4n) is 3.15. The molecule has 2 aliphatic heterocycles. The summed E-state index contributed by atoms with van der Waals surface area (Å²) in [6, 6.07) is 0.0464. The van der Waals surface area contributed by atoms with Crippen molar-refractivity contribution in [2.24, 2.45) is 0 Å². The Hall–Kier alpha value is -1.30. The smallest absolute Gasteiger partial charge is 0.326 e. The number of carbonyl (C=O) groups excluding carboxylic acids is 1. The average Bonchev–Trinajstić information content (AvgIpc) is 3.14. The predicted octanol–water partition coefficient (Wildman–Crippen LogP) is 0.435. The van der Waals surface area contributed by atoms with Crippen LogP contribution in [0.3, 0.4) is 0 Å².